The Kier molecular flexibility index (Phi) is 9.99. The Morgan fingerprint density at radius 2 is 2.06 bits per heavy atom. The molecule has 1 amide bonds. The Morgan fingerprint density at radius 3 is 2.50 bits per heavy atom. The van der Waals surface area contributed by atoms with Gasteiger partial charge in [0.1, 0.15) is 0 Å². The van der Waals surface area contributed by atoms with Crippen LogP contribution in [0, 0.1) is 0 Å². The van der Waals surface area contributed by atoms with E-state index in [1.807, 2.05) is 13.8 Å². The molecule has 1 aromatic heterocycles. The monoisotopic (exact) mass is 296 g/mol. The summed E-state index contributed by atoms with van der Waals surface area (Å²) in [5, 5.41) is 9.39. The summed E-state index contributed by atoms with van der Waals surface area (Å²) >= 11 is 0. The molecule has 1 aromatic rings. The maximum absolute atomic E-state index is 11.6. The van der Waals surface area contributed by atoms with Crippen LogP contribution in [-0.4, -0.2) is 28.2 Å². The molecule has 4 N–H and O–H groups in total. The lowest BCUT2D eigenvalue weighted by Crippen LogP contribution is -2.49. The lowest BCUT2D eigenvalue weighted by molar-refractivity contribution is -0.120. The third-order valence-corrected chi connectivity index (χ3v) is 2.96. The van der Waals surface area contributed by atoms with Gasteiger partial charge in [0.15, 0.2) is 0 Å². The minimum absolute atomic E-state index is 0. The molecule has 0 spiro atoms. The van der Waals surface area contributed by atoms with Crippen LogP contribution in [0.3, 0.4) is 0 Å². The molecule has 0 bridgehead atoms. The van der Waals surface area contributed by atoms with Gasteiger partial charge in [-0.3, -0.25) is 9.89 Å². The molecular weight excluding hydrogens is 275 g/mol. The van der Waals surface area contributed by atoms with Gasteiger partial charge in [0.25, 0.3) is 0 Å². The Balaban J connectivity index is 0. The molecule has 0 aliphatic rings. The standard InChI is InChI=1S/C11H20N4O.2ClH/c1-3-11(12,4-2)8-13-10(16)7-9-5-6-14-15-9;;/h5-6H,3-4,7-8,12H2,1-2H3,(H,13,16)(H,14,15);2*1H. The molecule has 0 aliphatic carbocycles. The molecule has 0 fully saturated rings. The normalized spacial score (nSPS) is 10.2. The van der Waals surface area contributed by atoms with E-state index >= 15 is 0 Å². The molecule has 0 unspecified atom stereocenters. The van der Waals surface area contributed by atoms with Crippen molar-refractivity contribution in [2.24, 2.45) is 5.73 Å². The molecule has 0 saturated heterocycles. The van der Waals surface area contributed by atoms with E-state index < -0.39 is 0 Å². The molecule has 0 aromatic carbocycles. The summed E-state index contributed by atoms with van der Waals surface area (Å²) in [6.45, 7) is 4.59. The van der Waals surface area contributed by atoms with Crippen molar-refractivity contribution < 1.29 is 4.79 Å². The first kappa shape index (κ1) is 19.6. The van der Waals surface area contributed by atoms with E-state index in [4.69, 9.17) is 5.73 Å². The summed E-state index contributed by atoms with van der Waals surface area (Å²) in [4.78, 5) is 11.6. The van der Waals surface area contributed by atoms with Crippen molar-refractivity contribution in [1.29, 1.82) is 0 Å². The van der Waals surface area contributed by atoms with Gasteiger partial charge in [-0.05, 0) is 18.9 Å². The number of amides is 1. The molecular formula is C11H22Cl2N4O. The Labute approximate surface area is 120 Å². The highest BCUT2D eigenvalue weighted by Crippen LogP contribution is 2.09. The van der Waals surface area contributed by atoms with E-state index in [1.165, 1.54) is 0 Å². The molecule has 106 valence electrons. The number of aromatic nitrogens is 2. The maximum Gasteiger partial charge on any atom is 0.226 e. The minimum atomic E-state index is -0.288. The van der Waals surface area contributed by atoms with Crippen LogP contribution in [0.4, 0.5) is 0 Å². The molecule has 0 saturated carbocycles. The van der Waals surface area contributed by atoms with Crippen LogP contribution in [0.25, 0.3) is 0 Å². The van der Waals surface area contributed by atoms with Crippen molar-refractivity contribution in [2.45, 2.75) is 38.6 Å². The summed E-state index contributed by atoms with van der Waals surface area (Å²) in [6.07, 6.45) is 3.67. The molecule has 5 nitrogen and oxygen atoms in total. The first-order valence-electron chi connectivity index (χ1n) is 5.63. The second-order valence-corrected chi connectivity index (χ2v) is 4.10. The van der Waals surface area contributed by atoms with Crippen LogP contribution in [0.1, 0.15) is 32.4 Å². The van der Waals surface area contributed by atoms with Crippen molar-refractivity contribution in [1.82, 2.24) is 15.5 Å². The average Bonchev–Trinajstić information content (AvgIpc) is 2.79. The second-order valence-electron chi connectivity index (χ2n) is 4.10. The van der Waals surface area contributed by atoms with Crippen molar-refractivity contribution >= 4 is 30.7 Å². The third-order valence-electron chi connectivity index (χ3n) is 2.96. The van der Waals surface area contributed by atoms with Crippen LogP contribution in [0.2, 0.25) is 0 Å². The topological polar surface area (TPSA) is 83.8 Å². The van der Waals surface area contributed by atoms with Gasteiger partial charge >= 0.3 is 0 Å². The lowest BCUT2D eigenvalue weighted by atomic mass is 9.94. The maximum atomic E-state index is 11.6. The predicted octanol–water partition coefficient (Wildman–Crippen LogP) is 1.43. The predicted molar refractivity (Wildman–Crippen MR) is 77.3 cm³/mol. The highest BCUT2D eigenvalue weighted by atomic mass is 35.5. The zero-order valence-electron chi connectivity index (χ0n) is 10.7. The summed E-state index contributed by atoms with van der Waals surface area (Å²) in [5.41, 5.74) is 6.61. The van der Waals surface area contributed by atoms with E-state index in [1.54, 1.807) is 12.3 Å². The zero-order valence-corrected chi connectivity index (χ0v) is 12.4. The summed E-state index contributed by atoms with van der Waals surface area (Å²) in [6, 6.07) is 1.79. The van der Waals surface area contributed by atoms with E-state index in [0.717, 1.165) is 18.5 Å². The molecule has 0 radical (unpaired) electrons. The highest BCUT2D eigenvalue weighted by molar-refractivity contribution is 5.85. The number of carbonyl (C=O) groups excluding carboxylic acids is 1. The van der Waals surface area contributed by atoms with Crippen LogP contribution < -0.4 is 11.1 Å². The van der Waals surface area contributed by atoms with Gasteiger partial charge in [0.05, 0.1) is 6.42 Å². The van der Waals surface area contributed by atoms with Gasteiger partial charge in [0.2, 0.25) is 5.91 Å². The first-order valence-corrected chi connectivity index (χ1v) is 5.63. The molecule has 0 aliphatic heterocycles. The fraction of sp³-hybridized carbons (Fsp3) is 0.636. The Hall–Kier alpha value is -0.780. The molecule has 7 heteroatoms. The highest BCUT2D eigenvalue weighted by Gasteiger charge is 2.20. The minimum Gasteiger partial charge on any atom is -0.354 e. The Morgan fingerprint density at radius 1 is 1.44 bits per heavy atom. The van der Waals surface area contributed by atoms with Gasteiger partial charge in [-0.25, -0.2) is 0 Å². The van der Waals surface area contributed by atoms with Gasteiger partial charge in [-0.1, -0.05) is 13.8 Å². The third kappa shape index (κ3) is 6.23. The van der Waals surface area contributed by atoms with E-state index in [2.05, 4.69) is 15.5 Å². The van der Waals surface area contributed by atoms with Crippen molar-refractivity contribution in [3.63, 3.8) is 0 Å². The quantitative estimate of drug-likeness (QED) is 0.742. The van der Waals surface area contributed by atoms with Crippen LogP contribution in [0.15, 0.2) is 12.3 Å². The fourth-order valence-corrected chi connectivity index (χ4v) is 1.39. The Bertz CT molecular complexity index is 326. The number of aromatic amines is 1. The average molecular weight is 297 g/mol. The first-order chi connectivity index (χ1) is 7.59. The number of halogens is 2. The SMILES string of the molecule is CCC(N)(CC)CNC(=O)Cc1ccn[nH]1.Cl.Cl. The van der Waals surface area contributed by atoms with Crippen LogP contribution in [0.5, 0.6) is 0 Å². The van der Waals surface area contributed by atoms with Gasteiger partial charge in [-0.2, -0.15) is 5.10 Å². The van der Waals surface area contributed by atoms with E-state index in [-0.39, 0.29) is 36.3 Å². The number of nitrogens with zero attached hydrogens (tertiary/aromatic N) is 1. The van der Waals surface area contributed by atoms with E-state index in [0.29, 0.717) is 13.0 Å². The lowest BCUT2D eigenvalue weighted by Gasteiger charge is -2.26. The number of nitrogens with two attached hydrogens (primary N) is 1. The smallest absolute Gasteiger partial charge is 0.226 e. The van der Waals surface area contributed by atoms with Gasteiger partial charge in [0, 0.05) is 24.0 Å². The van der Waals surface area contributed by atoms with Gasteiger partial charge < -0.3 is 11.1 Å². The summed E-state index contributed by atoms with van der Waals surface area (Å²) in [5.74, 6) is -0.0269. The number of carbonyl (C=O) groups is 1. The number of hydrogen-bond donors (Lipinski definition) is 3. The fourth-order valence-electron chi connectivity index (χ4n) is 1.39. The number of H-pyrrole nitrogens is 1. The molecule has 1 heterocycles. The van der Waals surface area contributed by atoms with Crippen LogP contribution in [-0.2, 0) is 11.2 Å². The number of nitrogens with one attached hydrogen (secondary N) is 2. The van der Waals surface area contributed by atoms with Crippen molar-refractivity contribution in [3.8, 4) is 0 Å². The zero-order chi connectivity index (χ0) is 12.0. The number of rotatable bonds is 6. The van der Waals surface area contributed by atoms with Crippen molar-refractivity contribution in [2.75, 3.05) is 6.54 Å². The van der Waals surface area contributed by atoms with E-state index in [9.17, 15) is 4.79 Å². The summed E-state index contributed by atoms with van der Waals surface area (Å²) in [7, 11) is 0. The van der Waals surface area contributed by atoms with Gasteiger partial charge in [-0.15, -0.1) is 24.8 Å². The largest absolute Gasteiger partial charge is 0.354 e. The molecule has 18 heavy (non-hydrogen) atoms. The summed E-state index contributed by atoms with van der Waals surface area (Å²) < 4.78 is 0. The number of hydrogen-bond acceptors (Lipinski definition) is 3. The van der Waals surface area contributed by atoms with Crippen LogP contribution >= 0.6 is 24.8 Å². The molecule has 0 atom stereocenters. The van der Waals surface area contributed by atoms with Crippen molar-refractivity contribution in [3.05, 3.63) is 18.0 Å². The molecule has 1 rings (SSSR count). The second kappa shape index (κ2) is 9.19.